The van der Waals surface area contributed by atoms with Gasteiger partial charge in [0.25, 0.3) is 0 Å². The first-order chi connectivity index (χ1) is 19.0. The monoisotopic (exact) mass is 553 g/mol. The second-order valence-electron chi connectivity index (χ2n) is 12.0. The fourth-order valence-electron chi connectivity index (χ4n) is 5.49. The third-order valence-corrected chi connectivity index (χ3v) is 8.38. The summed E-state index contributed by atoms with van der Waals surface area (Å²) in [5.74, 6) is -0.257. The van der Waals surface area contributed by atoms with Crippen molar-refractivity contribution in [3.8, 4) is 0 Å². The summed E-state index contributed by atoms with van der Waals surface area (Å²) in [6.07, 6.45) is 24.6. The Kier molecular flexibility index (Phi) is 22.7. The van der Waals surface area contributed by atoms with Crippen LogP contribution in [-0.4, -0.2) is 61.4 Å². The Morgan fingerprint density at radius 1 is 0.615 bits per heavy atom. The van der Waals surface area contributed by atoms with E-state index in [2.05, 4.69) is 18.7 Å². The molecular formula is C33H63NO5. The van der Waals surface area contributed by atoms with Gasteiger partial charge in [-0.05, 0) is 38.8 Å². The zero-order chi connectivity index (χ0) is 28.4. The van der Waals surface area contributed by atoms with Gasteiger partial charge in [-0.3, -0.25) is 9.59 Å². The molecule has 6 nitrogen and oxygen atoms in total. The van der Waals surface area contributed by atoms with E-state index in [1.54, 1.807) is 0 Å². The van der Waals surface area contributed by atoms with Gasteiger partial charge in [0.15, 0.2) is 0 Å². The highest BCUT2D eigenvalue weighted by Gasteiger charge is 2.37. The number of aliphatic hydroxyl groups is 1. The highest BCUT2D eigenvalue weighted by atomic mass is 16.5. The number of esters is 2. The van der Waals surface area contributed by atoms with E-state index in [1.165, 1.54) is 89.9 Å². The summed E-state index contributed by atoms with van der Waals surface area (Å²) in [5, 5.41) is 9.29. The second-order valence-corrected chi connectivity index (χ2v) is 12.0. The molecule has 230 valence electrons. The fraction of sp³-hybridized carbons (Fsp3) is 0.939. The van der Waals surface area contributed by atoms with Crippen LogP contribution in [0.4, 0.5) is 0 Å². The SMILES string of the molecule is CCCCCCCCCCCC(=O)OCC1(COC(=O)CCCCCCCCCCC)CCN(CCO)CC1. The largest absolute Gasteiger partial charge is 0.465 e. The number of hydrogen-bond acceptors (Lipinski definition) is 6. The minimum Gasteiger partial charge on any atom is -0.465 e. The number of likely N-dealkylation sites (tertiary alicyclic amines) is 1. The molecule has 0 amide bonds. The molecule has 1 rings (SSSR count). The van der Waals surface area contributed by atoms with Gasteiger partial charge in [0.2, 0.25) is 0 Å². The van der Waals surface area contributed by atoms with Crippen molar-refractivity contribution in [2.45, 2.75) is 155 Å². The molecule has 1 saturated heterocycles. The van der Waals surface area contributed by atoms with Crippen LogP contribution in [0.5, 0.6) is 0 Å². The summed E-state index contributed by atoms with van der Waals surface area (Å²) < 4.78 is 11.5. The molecule has 1 aliphatic rings. The molecule has 39 heavy (non-hydrogen) atoms. The zero-order valence-electron chi connectivity index (χ0n) is 25.8. The molecule has 0 radical (unpaired) electrons. The lowest BCUT2D eigenvalue weighted by Crippen LogP contribution is -2.46. The Hall–Kier alpha value is -1.14. The van der Waals surface area contributed by atoms with Gasteiger partial charge in [-0.15, -0.1) is 0 Å². The van der Waals surface area contributed by atoms with E-state index >= 15 is 0 Å². The molecule has 0 bridgehead atoms. The average molecular weight is 554 g/mol. The number of carbonyl (C=O) groups excluding carboxylic acids is 2. The average Bonchev–Trinajstić information content (AvgIpc) is 2.94. The number of piperidine rings is 1. The van der Waals surface area contributed by atoms with Gasteiger partial charge in [-0.25, -0.2) is 0 Å². The number of hydrogen-bond donors (Lipinski definition) is 1. The number of β-amino-alcohol motifs (C(OH)–C–C–N with tert-alkyl or cyclic N) is 1. The number of rotatable bonds is 26. The smallest absolute Gasteiger partial charge is 0.305 e. The van der Waals surface area contributed by atoms with Crippen LogP contribution in [-0.2, 0) is 19.1 Å². The van der Waals surface area contributed by atoms with Crippen LogP contribution in [0.25, 0.3) is 0 Å². The van der Waals surface area contributed by atoms with Crippen molar-refractivity contribution in [2.24, 2.45) is 5.41 Å². The second kappa shape index (κ2) is 24.6. The van der Waals surface area contributed by atoms with Crippen molar-refractivity contribution in [1.29, 1.82) is 0 Å². The number of ether oxygens (including phenoxy) is 2. The maximum absolute atomic E-state index is 12.5. The summed E-state index contributed by atoms with van der Waals surface area (Å²) in [4.78, 5) is 27.2. The van der Waals surface area contributed by atoms with Gasteiger partial charge in [-0.2, -0.15) is 0 Å². The van der Waals surface area contributed by atoms with Crippen LogP contribution in [0, 0.1) is 5.41 Å². The maximum atomic E-state index is 12.5. The van der Waals surface area contributed by atoms with Gasteiger partial charge < -0.3 is 19.5 Å². The van der Waals surface area contributed by atoms with Crippen LogP contribution < -0.4 is 0 Å². The predicted octanol–water partition coefficient (Wildman–Crippen LogP) is 7.99. The van der Waals surface area contributed by atoms with Crippen molar-refractivity contribution in [2.75, 3.05) is 39.5 Å². The minimum absolute atomic E-state index is 0.129. The first-order valence-electron chi connectivity index (χ1n) is 16.7. The van der Waals surface area contributed by atoms with Gasteiger partial charge >= 0.3 is 11.9 Å². The fourth-order valence-corrected chi connectivity index (χ4v) is 5.49. The van der Waals surface area contributed by atoms with Crippen LogP contribution in [0.15, 0.2) is 0 Å². The third-order valence-electron chi connectivity index (χ3n) is 8.38. The molecular weight excluding hydrogens is 490 g/mol. The molecule has 0 aliphatic carbocycles. The molecule has 6 heteroatoms. The molecule has 1 heterocycles. The van der Waals surface area contributed by atoms with E-state index in [9.17, 15) is 14.7 Å². The zero-order valence-corrected chi connectivity index (χ0v) is 25.8. The lowest BCUT2D eigenvalue weighted by molar-refractivity contribution is -0.157. The molecule has 1 fully saturated rings. The van der Waals surface area contributed by atoms with Crippen LogP contribution in [0.1, 0.15) is 155 Å². The Balaban J connectivity index is 2.29. The predicted molar refractivity (Wildman–Crippen MR) is 161 cm³/mol. The van der Waals surface area contributed by atoms with Gasteiger partial charge in [0.05, 0.1) is 6.61 Å². The molecule has 0 aromatic carbocycles. The number of unbranched alkanes of at least 4 members (excludes halogenated alkanes) is 16. The Morgan fingerprint density at radius 2 is 0.974 bits per heavy atom. The van der Waals surface area contributed by atoms with Crippen molar-refractivity contribution in [3.05, 3.63) is 0 Å². The van der Waals surface area contributed by atoms with Crippen molar-refractivity contribution < 1.29 is 24.2 Å². The quantitative estimate of drug-likeness (QED) is 0.0864. The number of carbonyl (C=O) groups is 2. The summed E-state index contributed by atoms with van der Waals surface area (Å²) in [6, 6.07) is 0. The Morgan fingerprint density at radius 3 is 1.33 bits per heavy atom. The van der Waals surface area contributed by atoms with Crippen LogP contribution in [0.3, 0.4) is 0 Å². The van der Waals surface area contributed by atoms with Gasteiger partial charge in [-0.1, -0.05) is 117 Å². The molecule has 0 aromatic heterocycles. The summed E-state index contributed by atoms with van der Waals surface area (Å²) in [5.41, 5.74) is -0.311. The van der Waals surface area contributed by atoms with E-state index in [1.807, 2.05) is 0 Å². The molecule has 1 N–H and O–H groups in total. The Labute approximate surface area is 241 Å². The molecule has 0 atom stereocenters. The van der Waals surface area contributed by atoms with E-state index in [0.29, 0.717) is 32.6 Å². The van der Waals surface area contributed by atoms with E-state index in [0.717, 1.165) is 51.6 Å². The van der Waals surface area contributed by atoms with Crippen molar-refractivity contribution in [3.63, 3.8) is 0 Å². The molecule has 0 aromatic rings. The van der Waals surface area contributed by atoms with E-state index < -0.39 is 0 Å². The highest BCUT2D eigenvalue weighted by Crippen LogP contribution is 2.33. The lowest BCUT2D eigenvalue weighted by Gasteiger charge is -2.40. The summed E-state index contributed by atoms with van der Waals surface area (Å²) >= 11 is 0. The highest BCUT2D eigenvalue weighted by molar-refractivity contribution is 5.69. The lowest BCUT2D eigenvalue weighted by atomic mass is 9.79. The summed E-state index contributed by atoms with van der Waals surface area (Å²) in [6.45, 7) is 7.59. The van der Waals surface area contributed by atoms with Crippen molar-refractivity contribution in [1.82, 2.24) is 4.90 Å². The molecule has 1 aliphatic heterocycles. The normalized spacial score (nSPS) is 15.4. The van der Waals surface area contributed by atoms with Crippen LogP contribution in [0.2, 0.25) is 0 Å². The Bertz CT molecular complexity index is 549. The van der Waals surface area contributed by atoms with Crippen molar-refractivity contribution >= 4 is 11.9 Å². The standard InChI is InChI=1S/C33H63NO5/c1-3-5-7-9-11-13-15-17-19-21-31(36)38-29-33(23-25-34(26-24-33)27-28-35)30-39-32(37)22-20-18-16-14-12-10-8-6-4-2/h35H,3-30H2,1-2H3. The topological polar surface area (TPSA) is 76.1 Å². The maximum Gasteiger partial charge on any atom is 0.305 e. The van der Waals surface area contributed by atoms with Crippen LogP contribution >= 0.6 is 0 Å². The number of nitrogens with zero attached hydrogens (tertiary/aromatic N) is 1. The summed E-state index contributed by atoms with van der Waals surface area (Å²) in [7, 11) is 0. The third kappa shape index (κ3) is 19.6. The molecule has 0 spiro atoms. The van der Waals surface area contributed by atoms with E-state index in [4.69, 9.17) is 9.47 Å². The minimum atomic E-state index is -0.311. The first-order valence-corrected chi connectivity index (χ1v) is 16.7. The van der Waals surface area contributed by atoms with E-state index in [-0.39, 0.29) is 24.0 Å². The first kappa shape index (κ1) is 35.9. The molecule has 0 saturated carbocycles. The van der Waals surface area contributed by atoms with Gasteiger partial charge in [0, 0.05) is 24.8 Å². The van der Waals surface area contributed by atoms with Gasteiger partial charge in [0.1, 0.15) is 13.2 Å². The number of aliphatic hydroxyl groups excluding tert-OH is 1. The molecule has 0 unspecified atom stereocenters.